The summed E-state index contributed by atoms with van der Waals surface area (Å²) in [4.78, 5) is 22.8. The van der Waals surface area contributed by atoms with Gasteiger partial charge in [-0.15, -0.1) is 6.58 Å². The van der Waals surface area contributed by atoms with E-state index >= 15 is 0 Å². The van der Waals surface area contributed by atoms with Gasteiger partial charge in [0.05, 0.1) is 11.7 Å². The summed E-state index contributed by atoms with van der Waals surface area (Å²) in [5.74, 6) is -0.257. The lowest BCUT2D eigenvalue weighted by Crippen LogP contribution is -2.35. The maximum absolute atomic E-state index is 11.7. The highest BCUT2D eigenvalue weighted by atomic mass is 16.2. The van der Waals surface area contributed by atoms with Crippen molar-refractivity contribution in [3.63, 3.8) is 0 Å². The van der Waals surface area contributed by atoms with E-state index in [0.29, 0.717) is 17.8 Å². The van der Waals surface area contributed by atoms with Crippen molar-refractivity contribution in [2.75, 3.05) is 5.32 Å². The van der Waals surface area contributed by atoms with Crippen LogP contribution < -0.4 is 16.6 Å². The zero-order chi connectivity index (χ0) is 14.5. The molecule has 6 nitrogen and oxygen atoms in total. The van der Waals surface area contributed by atoms with E-state index in [0.717, 1.165) is 5.56 Å². The van der Waals surface area contributed by atoms with Gasteiger partial charge in [0.1, 0.15) is 0 Å². The molecule has 1 aromatic carbocycles. The molecule has 5 N–H and O–H groups in total. The van der Waals surface area contributed by atoms with Crippen LogP contribution in [0.5, 0.6) is 0 Å². The highest BCUT2D eigenvalue weighted by Gasteiger charge is 2.11. The number of anilines is 1. The maximum atomic E-state index is 11.7. The zero-order valence-electron chi connectivity index (χ0n) is 10.8. The first-order chi connectivity index (χ1) is 9.60. The van der Waals surface area contributed by atoms with Crippen LogP contribution in [0.4, 0.5) is 5.69 Å². The van der Waals surface area contributed by atoms with Gasteiger partial charge in [0, 0.05) is 11.8 Å². The molecule has 104 valence electrons. The average Bonchev–Trinajstić information content (AvgIpc) is 2.86. The number of carbonyl (C=O) groups is 1. The smallest absolute Gasteiger partial charge is 0.264 e. The van der Waals surface area contributed by atoms with Gasteiger partial charge in [0.15, 0.2) is 0 Å². The van der Waals surface area contributed by atoms with E-state index < -0.39 is 6.04 Å². The number of H-pyrrole nitrogens is 2. The van der Waals surface area contributed by atoms with Crippen LogP contribution in [0.3, 0.4) is 0 Å². The van der Waals surface area contributed by atoms with Crippen molar-refractivity contribution >= 4 is 11.6 Å². The molecular weight excluding hydrogens is 256 g/mol. The third kappa shape index (κ3) is 3.24. The van der Waals surface area contributed by atoms with E-state index in [4.69, 9.17) is 5.73 Å². The number of nitrogens with one attached hydrogen (secondary N) is 3. The van der Waals surface area contributed by atoms with E-state index in [1.165, 1.54) is 6.07 Å². The second kappa shape index (κ2) is 6.03. The fourth-order valence-corrected chi connectivity index (χ4v) is 1.74. The predicted molar refractivity (Wildman–Crippen MR) is 78.3 cm³/mol. The number of amides is 1. The topological polar surface area (TPSA) is 104 Å². The Balaban J connectivity index is 2.07. The number of rotatable bonds is 5. The van der Waals surface area contributed by atoms with Crippen LogP contribution in [0.1, 0.15) is 6.42 Å². The Morgan fingerprint density at radius 2 is 2.05 bits per heavy atom. The van der Waals surface area contributed by atoms with E-state index in [9.17, 15) is 9.59 Å². The Kier molecular flexibility index (Phi) is 4.17. The molecule has 2 rings (SSSR count). The summed E-state index contributed by atoms with van der Waals surface area (Å²) in [5.41, 5.74) is 7.67. The van der Waals surface area contributed by atoms with Crippen LogP contribution >= 0.6 is 0 Å². The maximum Gasteiger partial charge on any atom is 0.264 e. The van der Waals surface area contributed by atoms with Gasteiger partial charge in [0.25, 0.3) is 5.56 Å². The van der Waals surface area contributed by atoms with Crippen LogP contribution in [0.2, 0.25) is 0 Å². The number of aromatic nitrogens is 2. The molecule has 6 heteroatoms. The summed E-state index contributed by atoms with van der Waals surface area (Å²) in [7, 11) is 0. The molecule has 0 saturated heterocycles. The van der Waals surface area contributed by atoms with Crippen LogP contribution in [-0.4, -0.2) is 22.1 Å². The Morgan fingerprint density at radius 1 is 1.35 bits per heavy atom. The van der Waals surface area contributed by atoms with Crippen LogP contribution in [0, 0.1) is 0 Å². The first kappa shape index (κ1) is 13.8. The lowest BCUT2D eigenvalue weighted by molar-refractivity contribution is -0.117. The fourth-order valence-electron chi connectivity index (χ4n) is 1.74. The molecule has 0 aliphatic carbocycles. The van der Waals surface area contributed by atoms with Gasteiger partial charge in [0.2, 0.25) is 5.91 Å². The van der Waals surface area contributed by atoms with Gasteiger partial charge in [-0.25, -0.2) is 0 Å². The Bertz CT molecular complexity index is 654. The van der Waals surface area contributed by atoms with Crippen molar-refractivity contribution in [1.29, 1.82) is 0 Å². The van der Waals surface area contributed by atoms with Crippen molar-refractivity contribution in [3.05, 3.63) is 53.3 Å². The summed E-state index contributed by atoms with van der Waals surface area (Å²) >= 11 is 0. The highest BCUT2D eigenvalue weighted by Crippen LogP contribution is 2.18. The third-order valence-electron chi connectivity index (χ3n) is 2.82. The number of hydrogen-bond donors (Lipinski definition) is 4. The van der Waals surface area contributed by atoms with E-state index in [1.54, 1.807) is 30.3 Å². The third-order valence-corrected chi connectivity index (χ3v) is 2.82. The summed E-state index contributed by atoms with van der Waals surface area (Å²) in [6, 6.07) is 7.96. The van der Waals surface area contributed by atoms with Crippen molar-refractivity contribution in [2.45, 2.75) is 12.5 Å². The summed E-state index contributed by atoms with van der Waals surface area (Å²) in [6.07, 6.45) is 2.03. The predicted octanol–water partition coefficient (Wildman–Crippen LogP) is 1.21. The molecule has 1 heterocycles. The van der Waals surface area contributed by atoms with Gasteiger partial charge in [-0.05, 0) is 24.1 Å². The van der Waals surface area contributed by atoms with Gasteiger partial charge in [-0.3, -0.25) is 19.8 Å². The first-order valence-corrected chi connectivity index (χ1v) is 6.15. The van der Waals surface area contributed by atoms with E-state index in [1.807, 2.05) is 0 Å². The van der Waals surface area contributed by atoms with Crippen molar-refractivity contribution < 1.29 is 4.79 Å². The number of nitrogens with two attached hydrogens (primary N) is 1. The Morgan fingerprint density at radius 3 is 2.60 bits per heavy atom. The second-order valence-electron chi connectivity index (χ2n) is 4.37. The van der Waals surface area contributed by atoms with Gasteiger partial charge >= 0.3 is 0 Å². The minimum atomic E-state index is -0.604. The van der Waals surface area contributed by atoms with Crippen molar-refractivity contribution in [3.8, 4) is 11.3 Å². The minimum Gasteiger partial charge on any atom is -0.325 e. The number of aromatic amines is 2. The molecule has 0 aliphatic rings. The van der Waals surface area contributed by atoms with Gasteiger partial charge < -0.3 is 11.1 Å². The molecule has 1 amide bonds. The van der Waals surface area contributed by atoms with Gasteiger partial charge in [-0.1, -0.05) is 18.2 Å². The molecule has 1 atom stereocenters. The molecule has 2 aromatic rings. The molecule has 0 fully saturated rings. The minimum absolute atomic E-state index is 0.187. The van der Waals surface area contributed by atoms with Crippen molar-refractivity contribution in [1.82, 2.24) is 10.2 Å². The number of benzene rings is 1. The van der Waals surface area contributed by atoms with Crippen LogP contribution in [0.25, 0.3) is 11.3 Å². The summed E-state index contributed by atoms with van der Waals surface area (Å²) < 4.78 is 0. The molecule has 20 heavy (non-hydrogen) atoms. The lowest BCUT2D eigenvalue weighted by Gasteiger charge is -2.10. The van der Waals surface area contributed by atoms with E-state index in [2.05, 4.69) is 22.1 Å². The lowest BCUT2D eigenvalue weighted by atomic mass is 10.1. The van der Waals surface area contributed by atoms with Crippen LogP contribution in [0.15, 0.2) is 47.8 Å². The largest absolute Gasteiger partial charge is 0.325 e. The number of hydrogen-bond acceptors (Lipinski definition) is 3. The molecule has 0 radical (unpaired) electrons. The standard InChI is InChI=1S/C14H16N4O2/c1-2-3-11(15)14(20)16-10-6-4-9(5-7-10)12-8-13(19)18-17-12/h2,4-8,11H,1,3,15H2,(H,16,20)(H2,17,18,19). The van der Waals surface area contributed by atoms with E-state index in [-0.39, 0.29) is 11.5 Å². The monoisotopic (exact) mass is 272 g/mol. The summed E-state index contributed by atoms with van der Waals surface area (Å²) in [5, 5.41) is 7.95. The average molecular weight is 272 g/mol. The normalized spacial score (nSPS) is 11.8. The Labute approximate surface area is 115 Å². The fraction of sp³-hybridized carbons (Fsp3) is 0.143. The summed E-state index contributed by atoms with van der Waals surface area (Å²) in [6.45, 7) is 3.55. The number of carbonyl (C=O) groups excluding carboxylic acids is 1. The first-order valence-electron chi connectivity index (χ1n) is 6.15. The SMILES string of the molecule is C=CCC(N)C(=O)Nc1ccc(-c2cc(=O)[nH][nH]2)cc1. The molecule has 0 saturated carbocycles. The molecule has 0 spiro atoms. The molecular formula is C14H16N4O2. The van der Waals surface area contributed by atoms with Gasteiger partial charge in [-0.2, -0.15) is 0 Å². The quantitative estimate of drug-likeness (QED) is 0.615. The Hall–Kier alpha value is -2.60. The van der Waals surface area contributed by atoms with Crippen LogP contribution in [-0.2, 0) is 4.79 Å². The van der Waals surface area contributed by atoms with Crippen molar-refractivity contribution in [2.24, 2.45) is 5.73 Å². The second-order valence-corrected chi connectivity index (χ2v) is 4.37. The molecule has 1 unspecified atom stereocenters. The zero-order valence-corrected chi connectivity index (χ0v) is 10.8. The molecule has 1 aromatic heterocycles. The highest BCUT2D eigenvalue weighted by molar-refractivity contribution is 5.94. The molecule has 0 bridgehead atoms. The molecule has 0 aliphatic heterocycles.